The Kier molecular flexibility index (Phi) is 7.42. The number of carboxylic acids is 1. The minimum Gasteiger partial charge on any atom is -0.497 e. The minimum absolute atomic E-state index is 0.0669. The molecule has 0 fully saturated rings. The van der Waals surface area contributed by atoms with E-state index in [2.05, 4.69) is 10.0 Å². The van der Waals surface area contributed by atoms with Crippen molar-refractivity contribution in [3.63, 3.8) is 0 Å². The van der Waals surface area contributed by atoms with E-state index in [0.717, 1.165) is 11.3 Å². The molecular formula is C20H26N2O5S. The number of rotatable bonds is 10. The van der Waals surface area contributed by atoms with Crippen molar-refractivity contribution in [2.45, 2.75) is 25.2 Å². The fraction of sp³-hybridized carbons (Fsp3) is 0.350. The molecule has 0 unspecified atom stereocenters. The van der Waals surface area contributed by atoms with Crippen molar-refractivity contribution in [3.8, 4) is 5.75 Å². The normalized spacial score (nSPS) is 11.4. The van der Waals surface area contributed by atoms with Crippen LogP contribution in [0.25, 0.3) is 0 Å². The summed E-state index contributed by atoms with van der Waals surface area (Å²) < 4.78 is 33.0. The zero-order chi connectivity index (χ0) is 20.7. The van der Waals surface area contributed by atoms with Gasteiger partial charge in [0, 0.05) is 13.1 Å². The maximum absolute atomic E-state index is 12.7. The number of anilines is 1. The third-order valence-corrected chi connectivity index (χ3v) is 5.55. The molecule has 0 aliphatic carbocycles. The van der Waals surface area contributed by atoms with Gasteiger partial charge in [0.25, 0.3) is 0 Å². The van der Waals surface area contributed by atoms with E-state index in [-0.39, 0.29) is 22.9 Å². The molecule has 2 aromatic carbocycles. The van der Waals surface area contributed by atoms with Crippen molar-refractivity contribution in [1.82, 2.24) is 4.72 Å². The van der Waals surface area contributed by atoms with Crippen molar-refractivity contribution in [3.05, 3.63) is 53.6 Å². The molecular weight excluding hydrogens is 380 g/mol. The van der Waals surface area contributed by atoms with Crippen LogP contribution in [0.1, 0.15) is 29.8 Å². The summed E-state index contributed by atoms with van der Waals surface area (Å²) in [6.45, 7) is 4.55. The Morgan fingerprint density at radius 1 is 1.14 bits per heavy atom. The molecule has 0 aliphatic heterocycles. The number of carbonyl (C=O) groups is 1. The number of methoxy groups -OCH3 is 1. The van der Waals surface area contributed by atoms with E-state index in [1.54, 1.807) is 7.11 Å². The lowest BCUT2D eigenvalue weighted by Crippen LogP contribution is -2.28. The number of carboxylic acid groups (broad SMARTS) is 1. The summed E-state index contributed by atoms with van der Waals surface area (Å²) in [6.07, 6.45) is 0.670. The number of sulfonamides is 1. The lowest BCUT2D eigenvalue weighted by Gasteiger charge is -2.15. The van der Waals surface area contributed by atoms with Gasteiger partial charge in [0.05, 0.1) is 18.4 Å². The fourth-order valence-corrected chi connectivity index (χ4v) is 3.93. The second-order valence-electron chi connectivity index (χ2n) is 6.79. The zero-order valence-electron chi connectivity index (χ0n) is 16.2. The molecule has 3 N–H and O–H groups in total. The van der Waals surface area contributed by atoms with Crippen LogP contribution in [0.2, 0.25) is 0 Å². The Bertz CT molecular complexity index is 909. The smallest absolute Gasteiger partial charge is 0.335 e. The van der Waals surface area contributed by atoms with Crippen molar-refractivity contribution >= 4 is 21.7 Å². The van der Waals surface area contributed by atoms with Gasteiger partial charge in [-0.2, -0.15) is 0 Å². The quantitative estimate of drug-likeness (QED) is 0.560. The SMILES string of the molecule is COc1ccc(CCNc2ccc(C(=O)O)cc2S(=O)(=O)NCC(C)C)cc1. The highest BCUT2D eigenvalue weighted by Gasteiger charge is 2.21. The maximum atomic E-state index is 12.7. The number of hydrogen-bond donors (Lipinski definition) is 3. The van der Waals surface area contributed by atoms with Crippen molar-refractivity contribution in [2.75, 3.05) is 25.5 Å². The summed E-state index contributed by atoms with van der Waals surface area (Å²) in [6, 6.07) is 11.7. The van der Waals surface area contributed by atoms with Gasteiger partial charge in [0.1, 0.15) is 10.6 Å². The predicted octanol–water partition coefficient (Wildman–Crippen LogP) is 2.98. The number of aromatic carboxylic acids is 1. The lowest BCUT2D eigenvalue weighted by molar-refractivity contribution is 0.0696. The molecule has 2 aromatic rings. The number of hydrogen-bond acceptors (Lipinski definition) is 5. The van der Waals surface area contributed by atoms with Crippen LogP contribution in [0, 0.1) is 5.92 Å². The van der Waals surface area contributed by atoms with Gasteiger partial charge in [-0.15, -0.1) is 0 Å². The average Bonchev–Trinajstić information content (AvgIpc) is 2.67. The van der Waals surface area contributed by atoms with Crippen molar-refractivity contribution in [2.24, 2.45) is 5.92 Å². The largest absolute Gasteiger partial charge is 0.497 e. The predicted molar refractivity (Wildman–Crippen MR) is 109 cm³/mol. The van der Waals surface area contributed by atoms with E-state index in [1.165, 1.54) is 18.2 Å². The summed E-state index contributed by atoms with van der Waals surface area (Å²) in [7, 11) is -2.23. The van der Waals surface area contributed by atoms with Crippen LogP contribution in [0.5, 0.6) is 5.75 Å². The van der Waals surface area contributed by atoms with Crippen LogP contribution in [-0.4, -0.2) is 39.7 Å². The van der Waals surface area contributed by atoms with Crippen molar-refractivity contribution < 1.29 is 23.1 Å². The van der Waals surface area contributed by atoms with E-state index < -0.39 is 16.0 Å². The molecule has 0 aromatic heterocycles. The highest BCUT2D eigenvalue weighted by atomic mass is 32.2. The van der Waals surface area contributed by atoms with Gasteiger partial charge < -0.3 is 15.2 Å². The summed E-state index contributed by atoms with van der Waals surface area (Å²) in [5.41, 5.74) is 1.36. The summed E-state index contributed by atoms with van der Waals surface area (Å²) >= 11 is 0. The zero-order valence-corrected chi connectivity index (χ0v) is 17.0. The Hall–Kier alpha value is -2.58. The minimum atomic E-state index is -3.84. The molecule has 8 heteroatoms. The standard InChI is InChI=1S/C20H26N2O5S/c1-14(2)13-22-28(25,26)19-12-16(20(23)24)6-9-18(19)21-11-10-15-4-7-17(27-3)8-5-15/h4-9,12,14,21-22H,10-11,13H2,1-3H3,(H,23,24). The highest BCUT2D eigenvalue weighted by Crippen LogP contribution is 2.23. The van der Waals surface area contributed by atoms with Gasteiger partial charge in [-0.3, -0.25) is 0 Å². The van der Waals surface area contributed by atoms with E-state index in [4.69, 9.17) is 4.74 Å². The van der Waals surface area contributed by atoms with Crippen LogP contribution >= 0.6 is 0 Å². The molecule has 152 valence electrons. The van der Waals surface area contributed by atoms with E-state index >= 15 is 0 Å². The third kappa shape index (κ3) is 5.97. The van der Waals surface area contributed by atoms with Gasteiger partial charge in [-0.05, 0) is 48.2 Å². The molecule has 2 rings (SSSR count). The molecule has 0 bridgehead atoms. The van der Waals surface area contributed by atoms with Crippen LogP contribution in [0.3, 0.4) is 0 Å². The first-order valence-electron chi connectivity index (χ1n) is 8.96. The first-order valence-corrected chi connectivity index (χ1v) is 10.4. The molecule has 7 nitrogen and oxygen atoms in total. The third-order valence-electron chi connectivity index (χ3n) is 4.09. The molecule has 28 heavy (non-hydrogen) atoms. The van der Waals surface area contributed by atoms with Crippen molar-refractivity contribution in [1.29, 1.82) is 0 Å². The van der Waals surface area contributed by atoms with Gasteiger partial charge in [0.2, 0.25) is 10.0 Å². The van der Waals surface area contributed by atoms with Crippen LogP contribution in [0.4, 0.5) is 5.69 Å². The highest BCUT2D eigenvalue weighted by molar-refractivity contribution is 7.89. The van der Waals surface area contributed by atoms with Crippen LogP contribution in [0.15, 0.2) is 47.4 Å². The fourth-order valence-electron chi connectivity index (χ4n) is 2.51. The maximum Gasteiger partial charge on any atom is 0.335 e. The Morgan fingerprint density at radius 2 is 1.82 bits per heavy atom. The van der Waals surface area contributed by atoms with E-state index in [0.29, 0.717) is 18.7 Å². The molecule has 0 amide bonds. The Labute approximate surface area is 165 Å². The first-order chi connectivity index (χ1) is 13.2. The summed E-state index contributed by atoms with van der Waals surface area (Å²) in [5.74, 6) is -0.278. The molecule has 0 saturated carbocycles. The van der Waals surface area contributed by atoms with E-state index in [9.17, 15) is 18.3 Å². The van der Waals surface area contributed by atoms with Gasteiger partial charge in [-0.1, -0.05) is 26.0 Å². The number of nitrogens with one attached hydrogen (secondary N) is 2. The molecule has 0 radical (unpaired) electrons. The molecule has 0 heterocycles. The number of benzene rings is 2. The van der Waals surface area contributed by atoms with Crippen LogP contribution < -0.4 is 14.8 Å². The van der Waals surface area contributed by atoms with Crippen LogP contribution in [-0.2, 0) is 16.4 Å². The monoisotopic (exact) mass is 406 g/mol. The molecule has 0 aliphatic rings. The number of ether oxygens (including phenoxy) is 1. The lowest BCUT2D eigenvalue weighted by atomic mass is 10.1. The second kappa shape index (κ2) is 9.57. The molecule has 0 spiro atoms. The summed E-state index contributed by atoms with van der Waals surface area (Å²) in [5, 5.41) is 12.3. The topological polar surface area (TPSA) is 105 Å². The molecule has 0 saturated heterocycles. The Balaban J connectivity index is 2.18. The second-order valence-corrected chi connectivity index (χ2v) is 8.52. The average molecular weight is 407 g/mol. The molecule has 0 atom stereocenters. The van der Waals surface area contributed by atoms with Gasteiger partial charge >= 0.3 is 5.97 Å². The first kappa shape index (κ1) is 21.7. The summed E-state index contributed by atoms with van der Waals surface area (Å²) in [4.78, 5) is 11.2. The van der Waals surface area contributed by atoms with Gasteiger partial charge in [0.15, 0.2) is 0 Å². The Morgan fingerprint density at radius 3 is 2.39 bits per heavy atom. The van der Waals surface area contributed by atoms with E-state index in [1.807, 2.05) is 38.1 Å². The van der Waals surface area contributed by atoms with Gasteiger partial charge in [-0.25, -0.2) is 17.9 Å².